The molecule has 2 aromatic carbocycles. The molecule has 1 unspecified atom stereocenters. The first kappa shape index (κ1) is 12.7. The zero-order valence-electron chi connectivity index (χ0n) is 11.2. The Hall–Kier alpha value is -2.31. The Morgan fingerprint density at radius 3 is 2.70 bits per heavy atom. The van der Waals surface area contributed by atoms with Crippen LogP contribution in [0, 0.1) is 11.3 Å². The molecule has 0 aromatic heterocycles. The Balaban J connectivity index is 2.08. The van der Waals surface area contributed by atoms with Crippen molar-refractivity contribution in [3.63, 3.8) is 0 Å². The van der Waals surface area contributed by atoms with E-state index in [4.69, 9.17) is 15.7 Å². The highest BCUT2D eigenvalue weighted by molar-refractivity contribution is 5.73. The van der Waals surface area contributed by atoms with Crippen LogP contribution in [0.25, 0.3) is 11.1 Å². The van der Waals surface area contributed by atoms with Gasteiger partial charge in [0, 0.05) is 11.5 Å². The predicted octanol–water partition coefficient (Wildman–Crippen LogP) is 3.05. The first-order valence-electron chi connectivity index (χ1n) is 6.80. The molecule has 2 N–H and O–H groups in total. The van der Waals surface area contributed by atoms with Crippen molar-refractivity contribution in [2.45, 2.75) is 12.3 Å². The molecular weight excluding hydrogens is 248 g/mol. The molecule has 2 aromatic rings. The SMILES string of the molecule is N#Cc1ccc(-c2cccc3c2OCCC3CN)cc1. The quantitative estimate of drug-likeness (QED) is 0.907. The summed E-state index contributed by atoms with van der Waals surface area (Å²) in [6.45, 7) is 1.36. The van der Waals surface area contributed by atoms with Crippen molar-refractivity contribution in [3.05, 3.63) is 53.6 Å². The summed E-state index contributed by atoms with van der Waals surface area (Å²) in [6, 6.07) is 15.9. The third-order valence-electron chi connectivity index (χ3n) is 3.81. The van der Waals surface area contributed by atoms with Gasteiger partial charge in [-0.15, -0.1) is 0 Å². The van der Waals surface area contributed by atoms with E-state index in [0.29, 0.717) is 24.6 Å². The van der Waals surface area contributed by atoms with E-state index in [1.165, 1.54) is 5.56 Å². The van der Waals surface area contributed by atoms with E-state index in [-0.39, 0.29) is 0 Å². The van der Waals surface area contributed by atoms with Gasteiger partial charge in [-0.3, -0.25) is 0 Å². The van der Waals surface area contributed by atoms with Crippen LogP contribution < -0.4 is 10.5 Å². The van der Waals surface area contributed by atoms with Gasteiger partial charge in [-0.25, -0.2) is 0 Å². The van der Waals surface area contributed by atoms with Gasteiger partial charge < -0.3 is 10.5 Å². The van der Waals surface area contributed by atoms with Crippen molar-refractivity contribution < 1.29 is 4.74 Å². The average molecular weight is 264 g/mol. The highest BCUT2D eigenvalue weighted by Gasteiger charge is 2.22. The molecule has 1 aliphatic rings. The third kappa shape index (κ3) is 2.15. The number of hydrogen-bond donors (Lipinski definition) is 1. The Labute approximate surface area is 118 Å². The zero-order valence-corrected chi connectivity index (χ0v) is 11.2. The van der Waals surface area contributed by atoms with Crippen molar-refractivity contribution in [2.24, 2.45) is 5.73 Å². The molecular formula is C17H16N2O. The molecule has 0 spiro atoms. The van der Waals surface area contributed by atoms with Crippen LogP contribution in [0.3, 0.4) is 0 Å². The Morgan fingerprint density at radius 2 is 2.00 bits per heavy atom. The molecule has 100 valence electrons. The summed E-state index contributed by atoms with van der Waals surface area (Å²) in [5.41, 5.74) is 9.86. The van der Waals surface area contributed by atoms with Crippen molar-refractivity contribution >= 4 is 0 Å². The highest BCUT2D eigenvalue weighted by atomic mass is 16.5. The van der Waals surface area contributed by atoms with Crippen molar-refractivity contribution in [1.29, 1.82) is 5.26 Å². The van der Waals surface area contributed by atoms with Crippen LogP contribution in [-0.2, 0) is 0 Å². The Bertz CT molecular complexity index is 656. The molecule has 3 nitrogen and oxygen atoms in total. The number of rotatable bonds is 2. The average Bonchev–Trinajstić information content (AvgIpc) is 2.54. The fourth-order valence-electron chi connectivity index (χ4n) is 2.69. The summed E-state index contributed by atoms with van der Waals surface area (Å²) < 4.78 is 5.88. The largest absolute Gasteiger partial charge is 0.493 e. The molecule has 0 saturated heterocycles. The van der Waals surface area contributed by atoms with Gasteiger partial charge in [-0.05, 0) is 36.2 Å². The molecule has 3 heteroatoms. The maximum absolute atomic E-state index is 8.87. The summed E-state index contributed by atoms with van der Waals surface area (Å²) in [5, 5.41) is 8.87. The molecule has 0 amide bonds. The lowest BCUT2D eigenvalue weighted by atomic mass is 9.89. The van der Waals surface area contributed by atoms with Gasteiger partial charge in [0.15, 0.2) is 0 Å². The van der Waals surface area contributed by atoms with Crippen LogP contribution in [0.1, 0.15) is 23.5 Å². The van der Waals surface area contributed by atoms with Crippen molar-refractivity contribution in [2.75, 3.05) is 13.2 Å². The van der Waals surface area contributed by atoms with Crippen LogP contribution in [0.2, 0.25) is 0 Å². The topological polar surface area (TPSA) is 59.0 Å². The number of nitrogens with two attached hydrogens (primary N) is 1. The minimum absolute atomic E-state index is 0.372. The minimum Gasteiger partial charge on any atom is -0.493 e. The normalized spacial score (nSPS) is 16.9. The maximum atomic E-state index is 8.87. The van der Waals surface area contributed by atoms with Crippen LogP contribution >= 0.6 is 0 Å². The minimum atomic E-state index is 0.372. The smallest absolute Gasteiger partial charge is 0.130 e. The second-order valence-electron chi connectivity index (χ2n) is 4.98. The lowest BCUT2D eigenvalue weighted by Gasteiger charge is -2.26. The first-order valence-corrected chi connectivity index (χ1v) is 6.80. The van der Waals surface area contributed by atoms with Crippen molar-refractivity contribution in [1.82, 2.24) is 0 Å². The standard InChI is InChI=1S/C17H16N2O/c18-10-12-4-6-13(7-5-12)15-2-1-3-16-14(11-19)8-9-20-17(15)16/h1-7,14H,8-9,11,19H2. The molecule has 0 radical (unpaired) electrons. The van der Waals surface area contributed by atoms with Gasteiger partial charge in [0.05, 0.1) is 18.2 Å². The van der Waals surface area contributed by atoms with E-state index in [2.05, 4.69) is 18.2 Å². The highest BCUT2D eigenvalue weighted by Crippen LogP contribution is 2.40. The van der Waals surface area contributed by atoms with Gasteiger partial charge in [-0.1, -0.05) is 30.3 Å². The van der Waals surface area contributed by atoms with Gasteiger partial charge in [0.1, 0.15) is 5.75 Å². The fraction of sp³-hybridized carbons (Fsp3) is 0.235. The van der Waals surface area contributed by atoms with Crippen LogP contribution in [0.4, 0.5) is 0 Å². The molecule has 3 rings (SSSR count). The summed E-state index contributed by atoms with van der Waals surface area (Å²) in [4.78, 5) is 0. The number of fused-ring (bicyclic) bond motifs is 1. The number of ether oxygens (including phenoxy) is 1. The number of nitriles is 1. The fourth-order valence-corrected chi connectivity index (χ4v) is 2.69. The number of benzene rings is 2. The third-order valence-corrected chi connectivity index (χ3v) is 3.81. The summed E-state index contributed by atoms with van der Waals surface area (Å²) in [6.07, 6.45) is 0.973. The molecule has 0 bridgehead atoms. The molecule has 0 aliphatic carbocycles. The summed E-state index contributed by atoms with van der Waals surface area (Å²) in [7, 11) is 0. The summed E-state index contributed by atoms with van der Waals surface area (Å²) in [5.74, 6) is 1.32. The maximum Gasteiger partial charge on any atom is 0.130 e. The Kier molecular flexibility index (Phi) is 3.41. The first-order chi connectivity index (χ1) is 9.83. The van der Waals surface area contributed by atoms with Gasteiger partial charge in [0.25, 0.3) is 0 Å². The second kappa shape index (κ2) is 5.36. The van der Waals surface area contributed by atoms with E-state index in [1.54, 1.807) is 0 Å². The van der Waals surface area contributed by atoms with E-state index in [1.807, 2.05) is 30.3 Å². The summed E-state index contributed by atoms with van der Waals surface area (Å²) >= 11 is 0. The molecule has 1 heterocycles. The van der Waals surface area contributed by atoms with Crippen LogP contribution in [-0.4, -0.2) is 13.2 Å². The van der Waals surface area contributed by atoms with Gasteiger partial charge in [0.2, 0.25) is 0 Å². The Morgan fingerprint density at radius 1 is 1.20 bits per heavy atom. The van der Waals surface area contributed by atoms with E-state index in [9.17, 15) is 0 Å². The molecule has 1 atom stereocenters. The lowest BCUT2D eigenvalue weighted by molar-refractivity contribution is 0.270. The van der Waals surface area contributed by atoms with E-state index >= 15 is 0 Å². The van der Waals surface area contributed by atoms with Gasteiger partial charge in [-0.2, -0.15) is 5.26 Å². The zero-order chi connectivity index (χ0) is 13.9. The monoisotopic (exact) mass is 264 g/mol. The lowest BCUT2D eigenvalue weighted by Crippen LogP contribution is -2.21. The number of nitrogens with zero attached hydrogens (tertiary/aromatic N) is 1. The molecule has 0 fully saturated rings. The molecule has 0 saturated carbocycles. The van der Waals surface area contributed by atoms with E-state index in [0.717, 1.165) is 23.3 Å². The van der Waals surface area contributed by atoms with E-state index < -0.39 is 0 Å². The van der Waals surface area contributed by atoms with Crippen LogP contribution in [0.5, 0.6) is 5.75 Å². The number of hydrogen-bond acceptors (Lipinski definition) is 3. The van der Waals surface area contributed by atoms with Crippen LogP contribution in [0.15, 0.2) is 42.5 Å². The number of para-hydroxylation sites is 1. The molecule has 1 aliphatic heterocycles. The predicted molar refractivity (Wildman–Crippen MR) is 78.5 cm³/mol. The molecule has 20 heavy (non-hydrogen) atoms. The second-order valence-corrected chi connectivity index (χ2v) is 4.98. The van der Waals surface area contributed by atoms with Gasteiger partial charge >= 0.3 is 0 Å². The van der Waals surface area contributed by atoms with Crippen molar-refractivity contribution in [3.8, 4) is 22.9 Å².